The van der Waals surface area contributed by atoms with E-state index in [9.17, 15) is 35.5 Å². The molecule has 6 rings (SSSR count). The minimum atomic E-state index is -4.77. The number of alkyl halides is 6. The van der Waals surface area contributed by atoms with E-state index in [1.54, 1.807) is 0 Å². The van der Waals surface area contributed by atoms with Gasteiger partial charge in [-0.25, -0.2) is 23.8 Å². The zero-order valence-corrected chi connectivity index (χ0v) is 19.7. The molecule has 2 amide bonds. The summed E-state index contributed by atoms with van der Waals surface area (Å²) in [5.41, 5.74) is -3.49. The molecule has 3 aliphatic rings. The van der Waals surface area contributed by atoms with Crippen LogP contribution in [0.5, 0.6) is 0 Å². The van der Waals surface area contributed by atoms with Crippen molar-refractivity contribution in [1.29, 1.82) is 0 Å². The van der Waals surface area contributed by atoms with Gasteiger partial charge in [0.1, 0.15) is 0 Å². The van der Waals surface area contributed by atoms with Crippen molar-refractivity contribution in [2.75, 3.05) is 5.32 Å². The molecule has 202 valence electrons. The molecule has 3 aromatic rings. The standard InChI is InChI=1S/C23H20F7N7O/c1-12-4-15-7-21(6-12,11-36-10-18(34-35-36)23(28,29)30)37(15)20(38)33-14-2-3-17(22(25,26)27)16(5-14)19-31-8-13(24)9-32-19/h2-3,5,8-10,12,15H,4,6-7,11H2,1H3,(H,33,38)/t12-,15?,21?/m0/s1. The van der Waals surface area contributed by atoms with Gasteiger partial charge in [-0.15, -0.1) is 5.10 Å². The van der Waals surface area contributed by atoms with Gasteiger partial charge in [0.05, 0.1) is 36.2 Å². The number of aromatic nitrogens is 5. The van der Waals surface area contributed by atoms with Crippen LogP contribution in [-0.4, -0.2) is 47.5 Å². The van der Waals surface area contributed by atoms with Gasteiger partial charge < -0.3 is 10.2 Å². The minimum Gasteiger partial charge on any atom is -0.314 e. The third-order valence-electron chi connectivity index (χ3n) is 6.84. The van der Waals surface area contributed by atoms with Gasteiger partial charge in [0.25, 0.3) is 0 Å². The second-order valence-corrected chi connectivity index (χ2v) is 9.71. The lowest BCUT2D eigenvalue weighted by atomic mass is 9.64. The predicted molar refractivity (Wildman–Crippen MR) is 118 cm³/mol. The molecule has 0 spiro atoms. The summed E-state index contributed by atoms with van der Waals surface area (Å²) in [5.74, 6) is -1.02. The van der Waals surface area contributed by atoms with Crippen molar-refractivity contribution in [1.82, 2.24) is 29.9 Å². The quantitative estimate of drug-likeness (QED) is 0.446. The van der Waals surface area contributed by atoms with Crippen molar-refractivity contribution in [3.8, 4) is 11.4 Å². The fourth-order valence-corrected chi connectivity index (χ4v) is 5.55. The van der Waals surface area contributed by atoms with Gasteiger partial charge in [0.2, 0.25) is 0 Å². The molecule has 0 radical (unpaired) electrons. The number of urea groups is 1. The second kappa shape index (κ2) is 8.91. The van der Waals surface area contributed by atoms with Crippen LogP contribution in [-0.2, 0) is 18.9 Å². The van der Waals surface area contributed by atoms with Crippen molar-refractivity contribution in [3.05, 3.63) is 53.9 Å². The number of nitrogens with one attached hydrogen (secondary N) is 1. The van der Waals surface area contributed by atoms with E-state index in [-0.39, 0.29) is 30.0 Å². The number of rotatable bonds is 4. The summed E-state index contributed by atoms with van der Waals surface area (Å²) in [4.78, 5) is 22.1. The number of hydrogen-bond donors (Lipinski definition) is 1. The lowest BCUT2D eigenvalue weighted by Gasteiger charge is -2.63. The minimum absolute atomic E-state index is 0.0132. The van der Waals surface area contributed by atoms with Crippen LogP contribution in [0.2, 0.25) is 0 Å². The molecular formula is C23H20F7N7O. The molecule has 1 aromatic carbocycles. The maximum absolute atomic E-state index is 13.6. The van der Waals surface area contributed by atoms with Crippen LogP contribution in [0.4, 0.5) is 41.2 Å². The highest BCUT2D eigenvalue weighted by Gasteiger charge is 2.58. The van der Waals surface area contributed by atoms with Crippen molar-refractivity contribution in [2.24, 2.45) is 5.92 Å². The molecule has 4 heterocycles. The van der Waals surface area contributed by atoms with E-state index in [0.717, 1.165) is 41.5 Å². The van der Waals surface area contributed by atoms with Crippen molar-refractivity contribution >= 4 is 11.7 Å². The molecule has 2 aliphatic heterocycles. The summed E-state index contributed by atoms with van der Waals surface area (Å²) in [5, 5.41) is 9.34. The molecular weight excluding hydrogens is 523 g/mol. The normalized spacial score (nSPS) is 23.2. The fraction of sp³-hybridized carbons (Fsp3) is 0.435. The molecule has 2 unspecified atom stereocenters. The van der Waals surface area contributed by atoms with Crippen LogP contribution in [0.25, 0.3) is 11.4 Å². The number of piperidine rings is 1. The lowest BCUT2D eigenvalue weighted by molar-refractivity contribution is -0.141. The molecule has 2 aromatic heterocycles. The first kappa shape index (κ1) is 25.9. The first-order valence-electron chi connectivity index (χ1n) is 11.5. The highest BCUT2D eigenvalue weighted by Crippen LogP contribution is 2.51. The Bertz CT molecular complexity index is 1360. The molecule has 2 saturated heterocycles. The first-order chi connectivity index (χ1) is 17.7. The molecule has 2 bridgehead atoms. The average molecular weight is 543 g/mol. The molecule has 38 heavy (non-hydrogen) atoms. The molecule has 1 N–H and O–H groups in total. The summed E-state index contributed by atoms with van der Waals surface area (Å²) in [6, 6.07) is 2.08. The SMILES string of the molecule is C[C@H]1CC2CC(Cn3cc(C(F)(F)F)nn3)(C1)N2C(=O)Nc1ccc(C(F)(F)F)c(-c2ncc(F)cn2)c1. The Labute approximate surface area is 210 Å². The Morgan fingerprint density at radius 3 is 2.45 bits per heavy atom. The van der Waals surface area contributed by atoms with Crippen molar-refractivity contribution < 1.29 is 35.5 Å². The monoisotopic (exact) mass is 543 g/mol. The highest BCUT2D eigenvalue weighted by molar-refractivity contribution is 5.92. The van der Waals surface area contributed by atoms with E-state index in [4.69, 9.17) is 0 Å². The van der Waals surface area contributed by atoms with Crippen LogP contribution >= 0.6 is 0 Å². The predicted octanol–water partition coefficient (Wildman–Crippen LogP) is 5.39. The third-order valence-corrected chi connectivity index (χ3v) is 6.84. The number of nitrogens with zero attached hydrogens (tertiary/aromatic N) is 6. The van der Waals surface area contributed by atoms with E-state index < -0.39 is 46.6 Å². The fourth-order valence-electron chi connectivity index (χ4n) is 5.55. The summed E-state index contributed by atoms with van der Waals surface area (Å²) < 4.78 is 94.1. The van der Waals surface area contributed by atoms with Crippen LogP contribution < -0.4 is 5.32 Å². The Morgan fingerprint density at radius 1 is 1.11 bits per heavy atom. The molecule has 15 heteroatoms. The zero-order valence-electron chi connectivity index (χ0n) is 19.7. The van der Waals surface area contributed by atoms with Gasteiger partial charge in [0, 0.05) is 17.3 Å². The van der Waals surface area contributed by atoms with Gasteiger partial charge in [-0.2, -0.15) is 26.3 Å². The molecule has 1 aliphatic carbocycles. The smallest absolute Gasteiger partial charge is 0.314 e. The van der Waals surface area contributed by atoms with Gasteiger partial charge in [-0.05, 0) is 43.4 Å². The summed E-state index contributed by atoms with van der Waals surface area (Å²) in [6.07, 6.45) is -5.48. The van der Waals surface area contributed by atoms with E-state index >= 15 is 0 Å². The number of halogens is 7. The summed E-state index contributed by atoms with van der Waals surface area (Å²) in [6.45, 7) is 1.95. The summed E-state index contributed by atoms with van der Waals surface area (Å²) in [7, 11) is 0. The largest absolute Gasteiger partial charge is 0.436 e. The van der Waals surface area contributed by atoms with E-state index in [1.807, 2.05) is 6.92 Å². The third kappa shape index (κ3) is 4.76. The number of fused-ring (bicyclic) bond motifs is 2. The second-order valence-electron chi connectivity index (χ2n) is 9.71. The van der Waals surface area contributed by atoms with Gasteiger partial charge >= 0.3 is 18.4 Å². The Balaban J connectivity index is 1.41. The first-order valence-corrected chi connectivity index (χ1v) is 11.5. The number of hydrogen-bond acceptors (Lipinski definition) is 5. The molecule has 3 atom stereocenters. The number of benzene rings is 1. The number of anilines is 1. The van der Waals surface area contributed by atoms with Gasteiger partial charge in [-0.1, -0.05) is 12.1 Å². The number of amides is 2. The van der Waals surface area contributed by atoms with Gasteiger partial charge in [0.15, 0.2) is 17.3 Å². The molecule has 1 saturated carbocycles. The average Bonchev–Trinajstić information content (AvgIpc) is 3.27. The Morgan fingerprint density at radius 2 is 1.82 bits per heavy atom. The van der Waals surface area contributed by atoms with Crippen molar-refractivity contribution in [3.63, 3.8) is 0 Å². The Kier molecular flexibility index (Phi) is 6.06. The van der Waals surface area contributed by atoms with E-state index in [0.29, 0.717) is 19.3 Å². The Hall–Kier alpha value is -3.78. The highest BCUT2D eigenvalue weighted by atomic mass is 19.4. The number of carbonyl (C=O) groups is 1. The van der Waals surface area contributed by atoms with Gasteiger partial charge in [-0.3, -0.25) is 0 Å². The van der Waals surface area contributed by atoms with Crippen LogP contribution in [0, 0.1) is 11.7 Å². The lowest BCUT2D eigenvalue weighted by Crippen LogP contribution is -2.73. The van der Waals surface area contributed by atoms with E-state index in [2.05, 4.69) is 25.6 Å². The number of carbonyl (C=O) groups excluding carboxylic acids is 1. The van der Waals surface area contributed by atoms with Crippen molar-refractivity contribution in [2.45, 2.75) is 56.7 Å². The molecule has 8 nitrogen and oxygen atoms in total. The van der Waals surface area contributed by atoms with Crippen LogP contribution in [0.15, 0.2) is 36.8 Å². The summed E-state index contributed by atoms with van der Waals surface area (Å²) >= 11 is 0. The van der Waals surface area contributed by atoms with Crippen LogP contribution in [0.1, 0.15) is 37.4 Å². The van der Waals surface area contributed by atoms with E-state index in [1.165, 1.54) is 4.90 Å². The maximum Gasteiger partial charge on any atom is 0.436 e. The topological polar surface area (TPSA) is 88.8 Å². The molecule has 3 fully saturated rings. The zero-order chi connectivity index (χ0) is 27.5. The maximum atomic E-state index is 13.6. The van der Waals surface area contributed by atoms with Crippen LogP contribution in [0.3, 0.4) is 0 Å².